The van der Waals surface area contributed by atoms with E-state index in [-0.39, 0.29) is 0 Å². The average Bonchev–Trinajstić information content (AvgIpc) is 2.61. The molecular weight excluding hydrogens is 320 g/mol. The molecule has 0 aliphatic carbocycles. The topological polar surface area (TPSA) is 48.8 Å². The standard InChI is InChI=1S/C22H24N4/c1-15-5-11-21(17(3)13-15)25-23-19-7-9-20(10-8-19)24-26-22-12-6-16(2)14-18(22)4/h5-14,23,25H,1-4H3. The molecule has 0 atom stereocenters. The minimum absolute atomic E-state index is 0.821. The third-order valence-corrected chi connectivity index (χ3v) is 4.22. The molecule has 3 aromatic rings. The quantitative estimate of drug-likeness (QED) is 0.396. The number of nitrogens with zero attached hydrogens (tertiary/aromatic N) is 2. The summed E-state index contributed by atoms with van der Waals surface area (Å²) in [5.74, 6) is 0. The number of anilines is 2. The van der Waals surface area contributed by atoms with Crippen molar-refractivity contribution in [1.82, 2.24) is 0 Å². The molecule has 0 amide bonds. The summed E-state index contributed by atoms with van der Waals surface area (Å²) < 4.78 is 0. The fraction of sp³-hybridized carbons (Fsp3) is 0.182. The van der Waals surface area contributed by atoms with Crippen LogP contribution in [-0.4, -0.2) is 0 Å². The predicted molar refractivity (Wildman–Crippen MR) is 110 cm³/mol. The van der Waals surface area contributed by atoms with E-state index in [2.05, 4.69) is 66.1 Å². The molecule has 4 heteroatoms. The number of rotatable bonds is 5. The van der Waals surface area contributed by atoms with Crippen LogP contribution in [0.4, 0.5) is 22.7 Å². The minimum atomic E-state index is 0.821. The van der Waals surface area contributed by atoms with Crippen LogP contribution in [0.1, 0.15) is 22.3 Å². The van der Waals surface area contributed by atoms with Crippen LogP contribution in [0.3, 0.4) is 0 Å². The first-order valence-corrected chi connectivity index (χ1v) is 8.69. The van der Waals surface area contributed by atoms with Crippen LogP contribution < -0.4 is 10.9 Å². The number of hydrogen-bond donors (Lipinski definition) is 2. The Morgan fingerprint density at radius 3 is 1.92 bits per heavy atom. The average molecular weight is 344 g/mol. The Morgan fingerprint density at radius 1 is 0.615 bits per heavy atom. The van der Waals surface area contributed by atoms with E-state index in [4.69, 9.17) is 0 Å². The van der Waals surface area contributed by atoms with Gasteiger partial charge in [0.15, 0.2) is 0 Å². The number of benzene rings is 3. The molecular formula is C22H24N4. The summed E-state index contributed by atoms with van der Waals surface area (Å²) in [5.41, 5.74) is 15.0. The Kier molecular flexibility index (Phi) is 5.32. The Morgan fingerprint density at radius 2 is 1.27 bits per heavy atom. The molecule has 0 saturated heterocycles. The van der Waals surface area contributed by atoms with Gasteiger partial charge in [-0.2, -0.15) is 10.2 Å². The summed E-state index contributed by atoms with van der Waals surface area (Å²) in [7, 11) is 0. The number of nitrogens with one attached hydrogen (secondary N) is 2. The van der Waals surface area contributed by atoms with Crippen molar-refractivity contribution in [3.05, 3.63) is 82.9 Å². The molecule has 0 heterocycles. The predicted octanol–water partition coefficient (Wildman–Crippen LogP) is 6.77. The van der Waals surface area contributed by atoms with E-state index < -0.39 is 0 Å². The maximum absolute atomic E-state index is 4.35. The number of aryl methyl sites for hydroxylation is 4. The largest absolute Gasteiger partial charge is 0.301 e. The van der Waals surface area contributed by atoms with Crippen LogP contribution >= 0.6 is 0 Å². The first-order valence-electron chi connectivity index (χ1n) is 8.69. The Labute approximate surface area is 155 Å². The molecule has 0 fully saturated rings. The van der Waals surface area contributed by atoms with Gasteiger partial charge in [-0.3, -0.25) is 0 Å². The summed E-state index contributed by atoms with van der Waals surface area (Å²) >= 11 is 0. The van der Waals surface area contributed by atoms with Gasteiger partial charge >= 0.3 is 0 Å². The maximum Gasteiger partial charge on any atom is 0.0886 e. The summed E-state index contributed by atoms with van der Waals surface area (Å²) in [6, 6.07) is 20.3. The van der Waals surface area contributed by atoms with E-state index in [1.165, 1.54) is 16.7 Å². The second kappa shape index (κ2) is 7.83. The molecule has 0 unspecified atom stereocenters. The second-order valence-corrected chi connectivity index (χ2v) is 6.61. The molecule has 0 aliphatic heterocycles. The zero-order valence-electron chi connectivity index (χ0n) is 15.7. The second-order valence-electron chi connectivity index (χ2n) is 6.61. The van der Waals surface area contributed by atoms with Gasteiger partial charge in [0.1, 0.15) is 0 Å². The molecule has 0 spiro atoms. The lowest BCUT2D eigenvalue weighted by Gasteiger charge is -2.12. The molecule has 2 N–H and O–H groups in total. The highest BCUT2D eigenvalue weighted by Gasteiger charge is 1.99. The van der Waals surface area contributed by atoms with Crippen LogP contribution in [-0.2, 0) is 0 Å². The molecule has 4 nitrogen and oxygen atoms in total. The lowest BCUT2D eigenvalue weighted by atomic mass is 10.1. The van der Waals surface area contributed by atoms with Gasteiger partial charge in [0.05, 0.1) is 22.7 Å². The van der Waals surface area contributed by atoms with Crippen molar-refractivity contribution in [2.45, 2.75) is 27.7 Å². The van der Waals surface area contributed by atoms with Gasteiger partial charge in [0.2, 0.25) is 0 Å². The van der Waals surface area contributed by atoms with Crippen molar-refractivity contribution in [1.29, 1.82) is 0 Å². The number of azo groups is 1. The van der Waals surface area contributed by atoms with Crippen molar-refractivity contribution < 1.29 is 0 Å². The first-order chi connectivity index (χ1) is 12.5. The highest BCUT2D eigenvalue weighted by atomic mass is 15.4. The van der Waals surface area contributed by atoms with Crippen LogP contribution in [0.25, 0.3) is 0 Å². The van der Waals surface area contributed by atoms with Crippen molar-refractivity contribution in [2.75, 3.05) is 10.9 Å². The molecule has 132 valence electrons. The molecule has 3 aromatic carbocycles. The van der Waals surface area contributed by atoms with E-state index in [1.54, 1.807) is 0 Å². The molecule has 0 radical (unpaired) electrons. The molecule has 0 saturated carbocycles. The Hall–Kier alpha value is -3.14. The third kappa shape index (κ3) is 4.48. The SMILES string of the molecule is Cc1ccc(N=Nc2ccc(NNc3ccc(C)cc3C)cc2)c(C)c1. The van der Waals surface area contributed by atoms with Gasteiger partial charge in [-0.05, 0) is 75.2 Å². The first kappa shape index (κ1) is 17.7. The summed E-state index contributed by atoms with van der Waals surface area (Å²) in [5, 5.41) is 8.68. The molecule has 26 heavy (non-hydrogen) atoms. The lowest BCUT2D eigenvalue weighted by molar-refractivity contribution is 1.20. The molecule has 0 bridgehead atoms. The van der Waals surface area contributed by atoms with Gasteiger partial charge in [-0.1, -0.05) is 35.4 Å². The van der Waals surface area contributed by atoms with Crippen LogP contribution in [0, 0.1) is 27.7 Å². The monoisotopic (exact) mass is 344 g/mol. The molecule has 3 rings (SSSR count). The highest BCUT2D eigenvalue weighted by Crippen LogP contribution is 2.24. The summed E-state index contributed by atoms with van der Waals surface area (Å²) in [4.78, 5) is 0. The van der Waals surface area contributed by atoms with Gasteiger partial charge in [-0.15, -0.1) is 0 Å². The van der Waals surface area contributed by atoms with Crippen molar-refractivity contribution in [3.8, 4) is 0 Å². The van der Waals surface area contributed by atoms with Gasteiger partial charge in [0.25, 0.3) is 0 Å². The zero-order valence-corrected chi connectivity index (χ0v) is 15.7. The van der Waals surface area contributed by atoms with E-state index in [9.17, 15) is 0 Å². The van der Waals surface area contributed by atoms with E-state index in [0.29, 0.717) is 0 Å². The van der Waals surface area contributed by atoms with Crippen molar-refractivity contribution in [2.24, 2.45) is 10.2 Å². The van der Waals surface area contributed by atoms with E-state index in [0.717, 1.165) is 28.3 Å². The van der Waals surface area contributed by atoms with Crippen molar-refractivity contribution in [3.63, 3.8) is 0 Å². The maximum atomic E-state index is 4.35. The van der Waals surface area contributed by atoms with Crippen LogP contribution in [0.15, 0.2) is 70.9 Å². The van der Waals surface area contributed by atoms with Gasteiger partial charge < -0.3 is 10.9 Å². The van der Waals surface area contributed by atoms with Gasteiger partial charge in [0, 0.05) is 0 Å². The summed E-state index contributed by atoms with van der Waals surface area (Å²) in [6.45, 7) is 8.31. The fourth-order valence-corrected chi connectivity index (χ4v) is 2.73. The Balaban J connectivity index is 1.63. The number of hydrazine groups is 1. The normalized spacial score (nSPS) is 10.9. The smallest absolute Gasteiger partial charge is 0.0886 e. The van der Waals surface area contributed by atoms with E-state index >= 15 is 0 Å². The lowest BCUT2D eigenvalue weighted by Crippen LogP contribution is -2.09. The number of hydrogen-bond acceptors (Lipinski definition) is 4. The Bertz CT molecular complexity index is 927. The van der Waals surface area contributed by atoms with Crippen LogP contribution in [0.2, 0.25) is 0 Å². The van der Waals surface area contributed by atoms with E-state index in [1.807, 2.05) is 43.3 Å². The molecule has 0 aliphatic rings. The minimum Gasteiger partial charge on any atom is -0.301 e. The van der Waals surface area contributed by atoms with Gasteiger partial charge in [-0.25, -0.2) is 0 Å². The molecule has 0 aromatic heterocycles. The fourth-order valence-electron chi connectivity index (χ4n) is 2.73. The third-order valence-electron chi connectivity index (χ3n) is 4.22. The zero-order chi connectivity index (χ0) is 18.5. The highest BCUT2D eigenvalue weighted by molar-refractivity contribution is 5.58. The summed E-state index contributed by atoms with van der Waals surface area (Å²) in [6.07, 6.45) is 0. The van der Waals surface area contributed by atoms with Crippen LogP contribution in [0.5, 0.6) is 0 Å². The van der Waals surface area contributed by atoms with Crippen molar-refractivity contribution >= 4 is 22.7 Å².